The topological polar surface area (TPSA) is 33.1 Å². The molecule has 0 radical (unpaired) electrons. The van der Waals surface area contributed by atoms with Gasteiger partial charge < -0.3 is 5.11 Å². The number of halogens is 1. The summed E-state index contributed by atoms with van der Waals surface area (Å²) in [4.78, 5) is 5.65. The maximum atomic E-state index is 10.5. The van der Waals surface area contributed by atoms with Gasteiger partial charge in [-0.1, -0.05) is 58.4 Å². The minimum absolute atomic E-state index is 0.668. The summed E-state index contributed by atoms with van der Waals surface area (Å²) in [6.45, 7) is 1.98. The number of hydrogen-bond donors (Lipinski definition) is 1. The van der Waals surface area contributed by atoms with E-state index in [0.717, 1.165) is 31.2 Å². The third-order valence-electron chi connectivity index (χ3n) is 3.27. The zero-order valence-electron chi connectivity index (χ0n) is 11.5. The lowest BCUT2D eigenvalue weighted by molar-refractivity contribution is 0.219. The summed E-state index contributed by atoms with van der Waals surface area (Å²) in [5.74, 6) is 0. The summed E-state index contributed by atoms with van der Waals surface area (Å²) in [5.41, 5.74) is 2.95. The van der Waals surface area contributed by atoms with Crippen LogP contribution in [0.25, 0.3) is 10.4 Å². The Kier molecular flexibility index (Phi) is 4.19. The van der Waals surface area contributed by atoms with Crippen molar-refractivity contribution in [3.05, 3.63) is 75.3 Å². The van der Waals surface area contributed by atoms with Gasteiger partial charge in [-0.05, 0) is 30.2 Å². The SMILES string of the molecule is Cc1nc(C(O)c2ccccc2)sc1-c1ccc(Br)cc1. The molecule has 1 atom stereocenters. The van der Waals surface area contributed by atoms with Gasteiger partial charge in [0.05, 0.1) is 10.6 Å². The van der Waals surface area contributed by atoms with Gasteiger partial charge in [0.15, 0.2) is 0 Å². The standard InChI is InChI=1S/C17H14BrNOS/c1-11-16(13-7-9-14(18)10-8-13)21-17(19-11)15(20)12-5-3-2-4-6-12/h2-10,15,20H,1H3. The number of rotatable bonds is 3. The van der Waals surface area contributed by atoms with Crippen molar-refractivity contribution in [2.45, 2.75) is 13.0 Å². The van der Waals surface area contributed by atoms with E-state index in [1.54, 1.807) is 11.3 Å². The third-order valence-corrected chi connectivity index (χ3v) is 5.06. The first kappa shape index (κ1) is 14.4. The van der Waals surface area contributed by atoms with Crippen LogP contribution < -0.4 is 0 Å². The van der Waals surface area contributed by atoms with Crippen LogP contribution in [-0.2, 0) is 0 Å². The normalized spacial score (nSPS) is 12.3. The zero-order chi connectivity index (χ0) is 14.8. The van der Waals surface area contributed by atoms with E-state index in [4.69, 9.17) is 0 Å². The van der Waals surface area contributed by atoms with Crippen molar-refractivity contribution in [2.75, 3.05) is 0 Å². The highest BCUT2D eigenvalue weighted by Crippen LogP contribution is 2.35. The van der Waals surface area contributed by atoms with Crippen molar-refractivity contribution in [3.63, 3.8) is 0 Å². The highest BCUT2D eigenvalue weighted by Gasteiger charge is 2.17. The van der Waals surface area contributed by atoms with Crippen molar-refractivity contribution >= 4 is 27.3 Å². The maximum Gasteiger partial charge on any atom is 0.131 e. The van der Waals surface area contributed by atoms with Crippen LogP contribution in [0.15, 0.2) is 59.1 Å². The van der Waals surface area contributed by atoms with E-state index >= 15 is 0 Å². The molecule has 1 aromatic heterocycles. The lowest BCUT2D eigenvalue weighted by atomic mass is 10.1. The second-order valence-corrected chi connectivity index (χ2v) is 6.73. The van der Waals surface area contributed by atoms with Gasteiger partial charge in [0.25, 0.3) is 0 Å². The van der Waals surface area contributed by atoms with Crippen LogP contribution in [0.4, 0.5) is 0 Å². The molecule has 0 saturated heterocycles. The Balaban J connectivity index is 1.96. The van der Waals surface area contributed by atoms with Crippen molar-refractivity contribution in [3.8, 4) is 10.4 Å². The van der Waals surface area contributed by atoms with E-state index in [2.05, 4.69) is 33.0 Å². The third kappa shape index (κ3) is 3.07. The van der Waals surface area contributed by atoms with E-state index in [1.165, 1.54) is 0 Å². The molecule has 1 heterocycles. The molecule has 1 N–H and O–H groups in total. The van der Waals surface area contributed by atoms with E-state index in [0.29, 0.717) is 0 Å². The molecule has 2 nitrogen and oxygen atoms in total. The second-order valence-electron chi connectivity index (χ2n) is 4.79. The number of aromatic nitrogens is 1. The first-order valence-corrected chi connectivity index (χ1v) is 8.22. The van der Waals surface area contributed by atoms with Crippen LogP contribution >= 0.6 is 27.3 Å². The smallest absolute Gasteiger partial charge is 0.131 e. The number of thiazole rings is 1. The van der Waals surface area contributed by atoms with Crippen LogP contribution in [0.1, 0.15) is 22.4 Å². The van der Waals surface area contributed by atoms with Crippen LogP contribution in [0.3, 0.4) is 0 Å². The highest BCUT2D eigenvalue weighted by atomic mass is 79.9. The predicted octanol–water partition coefficient (Wildman–Crippen LogP) is 4.96. The largest absolute Gasteiger partial charge is 0.381 e. The fraction of sp³-hybridized carbons (Fsp3) is 0.118. The molecule has 4 heteroatoms. The number of aryl methyl sites for hydroxylation is 1. The van der Waals surface area contributed by atoms with E-state index in [-0.39, 0.29) is 0 Å². The minimum atomic E-state index is -0.668. The number of aliphatic hydroxyl groups excluding tert-OH is 1. The Bertz CT molecular complexity index is 737. The summed E-state index contributed by atoms with van der Waals surface area (Å²) in [5, 5.41) is 11.2. The van der Waals surface area contributed by atoms with Gasteiger partial charge in [0, 0.05) is 4.47 Å². The highest BCUT2D eigenvalue weighted by molar-refractivity contribution is 9.10. The van der Waals surface area contributed by atoms with E-state index < -0.39 is 6.10 Å². The summed E-state index contributed by atoms with van der Waals surface area (Å²) in [6.07, 6.45) is -0.668. The molecule has 3 rings (SSSR count). The quantitative estimate of drug-likeness (QED) is 0.716. The van der Waals surface area contributed by atoms with Crippen LogP contribution in [0.2, 0.25) is 0 Å². The zero-order valence-corrected chi connectivity index (χ0v) is 13.9. The van der Waals surface area contributed by atoms with Crippen LogP contribution in [-0.4, -0.2) is 10.1 Å². The van der Waals surface area contributed by atoms with Gasteiger partial charge in [-0.3, -0.25) is 0 Å². The minimum Gasteiger partial charge on any atom is -0.381 e. The monoisotopic (exact) mass is 359 g/mol. The molecule has 0 aliphatic carbocycles. The molecule has 0 aliphatic rings. The molecule has 0 amide bonds. The van der Waals surface area contributed by atoms with E-state index in [1.807, 2.05) is 49.4 Å². The van der Waals surface area contributed by atoms with Gasteiger partial charge in [-0.15, -0.1) is 11.3 Å². The summed E-state index contributed by atoms with van der Waals surface area (Å²) in [6, 6.07) is 17.8. The molecule has 0 aliphatic heterocycles. The Morgan fingerprint density at radius 1 is 1.05 bits per heavy atom. The van der Waals surface area contributed by atoms with Gasteiger partial charge in [0.1, 0.15) is 11.1 Å². The first-order chi connectivity index (χ1) is 10.1. The Labute approximate surface area is 136 Å². The molecule has 1 unspecified atom stereocenters. The summed E-state index contributed by atoms with van der Waals surface area (Å²) in [7, 11) is 0. The molecule has 21 heavy (non-hydrogen) atoms. The predicted molar refractivity (Wildman–Crippen MR) is 90.5 cm³/mol. The van der Waals surface area contributed by atoms with Crippen molar-refractivity contribution in [2.24, 2.45) is 0 Å². The molecule has 0 saturated carbocycles. The number of nitrogens with zero attached hydrogens (tertiary/aromatic N) is 1. The number of benzene rings is 2. The lowest BCUT2D eigenvalue weighted by Gasteiger charge is -2.06. The Morgan fingerprint density at radius 3 is 2.38 bits per heavy atom. The molecule has 0 bridgehead atoms. The molecule has 106 valence electrons. The Hall–Kier alpha value is -1.49. The molecule has 3 aromatic rings. The van der Waals surface area contributed by atoms with Crippen molar-refractivity contribution in [1.29, 1.82) is 0 Å². The fourth-order valence-electron chi connectivity index (χ4n) is 2.18. The van der Waals surface area contributed by atoms with Gasteiger partial charge in [-0.2, -0.15) is 0 Å². The summed E-state index contributed by atoms with van der Waals surface area (Å²) < 4.78 is 1.05. The van der Waals surface area contributed by atoms with Gasteiger partial charge in [0.2, 0.25) is 0 Å². The molecule has 2 aromatic carbocycles. The van der Waals surface area contributed by atoms with Crippen LogP contribution in [0.5, 0.6) is 0 Å². The van der Waals surface area contributed by atoms with E-state index in [9.17, 15) is 5.11 Å². The lowest BCUT2D eigenvalue weighted by Crippen LogP contribution is -1.98. The van der Waals surface area contributed by atoms with Crippen molar-refractivity contribution in [1.82, 2.24) is 4.98 Å². The summed E-state index contributed by atoms with van der Waals surface area (Å²) >= 11 is 4.99. The Morgan fingerprint density at radius 2 is 1.71 bits per heavy atom. The molecular formula is C17H14BrNOS. The average Bonchev–Trinajstić information content (AvgIpc) is 2.90. The first-order valence-electron chi connectivity index (χ1n) is 6.61. The average molecular weight is 360 g/mol. The molecular weight excluding hydrogens is 346 g/mol. The second kappa shape index (κ2) is 6.10. The number of hydrogen-bond acceptors (Lipinski definition) is 3. The van der Waals surface area contributed by atoms with Crippen LogP contribution in [0, 0.1) is 6.92 Å². The van der Waals surface area contributed by atoms with Gasteiger partial charge >= 0.3 is 0 Å². The molecule has 0 fully saturated rings. The number of aliphatic hydroxyl groups is 1. The van der Waals surface area contributed by atoms with Gasteiger partial charge in [-0.25, -0.2) is 4.98 Å². The molecule has 0 spiro atoms. The maximum absolute atomic E-state index is 10.5. The van der Waals surface area contributed by atoms with Crippen molar-refractivity contribution < 1.29 is 5.11 Å². The fourth-order valence-corrected chi connectivity index (χ4v) is 3.53.